The fraction of sp³-hybridized carbons (Fsp3) is 0.417. The SMILES string of the molecule is CCC(=O)N(CC)c1ccc(C(=O)N2CCN(CCc3ccc(Cl)cc3)CC2)cc1. The van der Waals surface area contributed by atoms with E-state index in [4.69, 9.17) is 11.6 Å². The fourth-order valence-corrected chi connectivity index (χ4v) is 3.90. The van der Waals surface area contributed by atoms with Gasteiger partial charge >= 0.3 is 0 Å². The van der Waals surface area contributed by atoms with Crippen molar-refractivity contribution in [3.63, 3.8) is 0 Å². The maximum Gasteiger partial charge on any atom is 0.253 e. The van der Waals surface area contributed by atoms with Gasteiger partial charge in [-0.2, -0.15) is 0 Å². The van der Waals surface area contributed by atoms with Crippen molar-refractivity contribution in [3.8, 4) is 0 Å². The molecule has 160 valence electrons. The van der Waals surface area contributed by atoms with E-state index >= 15 is 0 Å². The van der Waals surface area contributed by atoms with Crippen molar-refractivity contribution < 1.29 is 9.59 Å². The summed E-state index contributed by atoms with van der Waals surface area (Å²) in [7, 11) is 0. The number of halogens is 1. The van der Waals surface area contributed by atoms with Crippen LogP contribution in [-0.2, 0) is 11.2 Å². The largest absolute Gasteiger partial charge is 0.336 e. The molecule has 0 atom stereocenters. The highest BCUT2D eigenvalue weighted by atomic mass is 35.5. The van der Waals surface area contributed by atoms with Crippen LogP contribution < -0.4 is 4.90 Å². The molecule has 5 nitrogen and oxygen atoms in total. The minimum Gasteiger partial charge on any atom is -0.336 e. The van der Waals surface area contributed by atoms with Gasteiger partial charge in [-0.05, 0) is 55.3 Å². The van der Waals surface area contributed by atoms with Gasteiger partial charge in [-0.3, -0.25) is 14.5 Å². The van der Waals surface area contributed by atoms with Gasteiger partial charge in [0.05, 0.1) is 0 Å². The van der Waals surface area contributed by atoms with Crippen molar-refractivity contribution >= 4 is 29.1 Å². The first-order valence-corrected chi connectivity index (χ1v) is 11.1. The third-order valence-corrected chi connectivity index (χ3v) is 5.89. The molecule has 2 aromatic rings. The molecule has 0 spiro atoms. The maximum absolute atomic E-state index is 12.9. The molecule has 0 bridgehead atoms. The van der Waals surface area contributed by atoms with Gasteiger partial charge in [0.15, 0.2) is 0 Å². The molecule has 1 saturated heterocycles. The summed E-state index contributed by atoms with van der Waals surface area (Å²) in [6.07, 6.45) is 1.45. The van der Waals surface area contributed by atoms with E-state index in [2.05, 4.69) is 17.0 Å². The fourth-order valence-electron chi connectivity index (χ4n) is 3.77. The Bertz CT molecular complexity index is 844. The predicted molar refractivity (Wildman–Crippen MR) is 122 cm³/mol. The van der Waals surface area contributed by atoms with Crippen LogP contribution in [0, 0.1) is 0 Å². The van der Waals surface area contributed by atoms with Gasteiger partial charge in [-0.1, -0.05) is 30.7 Å². The molecule has 3 rings (SSSR count). The second kappa shape index (κ2) is 10.6. The number of rotatable bonds is 7. The topological polar surface area (TPSA) is 43.9 Å². The normalized spacial score (nSPS) is 14.6. The molecule has 2 amide bonds. The van der Waals surface area contributed by atoms with Crippen LogP contribution in [0.25, 0.3) is 0 Å². The van der Waals surface area contributed by atoms with Gasteiger partial charge in [-0.25, -0.2) is 0 Å². The van der Waals surface area contributed by atoms with Gasteiger partial charge in [-0.15, -0.1) is 0 Å². The molecule has 0 N–H and O–H groups in total. The third kappa shape index (κ3) is 5.61. The quantitative estimate of drug-likeness (QED) is 0.668. The number of hydrogen-bond donors (Lipinski definition) is 0. The molecular formula is C24H30ClN3O2. The average molecular weight is 428 g/mol. The summed E-state index contributed by atoms with van der Waals surface area (Å²) in [4.78, 5) is 31.0. The molecule has 1 aliphatic heterocycles. The van der Waals surface area contributed by atoms with E-state index in [1.807, 2.05) is 55.1 Å². The summed E-state index contributed by atoms with van der Waals surface area (Å²) in [5.41, 5.74) is 2.79. The Hall–Kier alpha value is -2.37. The highest BCUT2D eigenvalue weighted by Gasteiger charge is 2.22. The van der Waals surface area contributed by atoms with E-state index < -0.39 is 0 Å². The Morgan fingerprint density at radius 1 is 0.933 bits per heavy atom. The Balaban J connectivity index is 1.51. The zero-order chi connectivity index (χ0) is 21.5. The monoisotopic (exact) mass is 427 g/mol. The zero-order valence-electron chi connectivity index (χ0n) is 17.8. The molecule has 0 aliphatic carbocycles. The lowest BCUT2D eigenvalue weighted by molar-refractivity contribution is -0.118. The number of carbonyl (C=O) groups excluding carboxylic acids is 2. The van der Waals surface area contributed by atoms with Gasteiger partial charge in [0.1, 0.15) is 0 Å². The molecule has 30 heavy (non-hydrogen) atoms. The number of carbonyl (C=O) groups is 2. The number of hydrogen-bond acceptors (Lipinski definition) is 3. The average Bonchev–Trinajstić information content (AvgIpc) is 2.79. The van der Waals surface area contributed by atoms with Crippen molar-refractivity contribution in [3.05, 3.63) is 64.7 Å². The van der Waals surface area contributed by atoms with E-state index in [1.54, 1.807) is 4.90 Å². The lowest BCUT2D eigenvalue weighted by Crippen LogP contribution is -2.49. The standard InChI is InChI=1S/C24H30ClN3O2/c1-3-23(29)28(4-2)22-11-7-20(8-12-22)24(30)27-17-15-26(16-18-27)14-13-19-5-9-21(25)10-6-19/h5-12H,3-4,13-18H2,1-2H3. The van der Waals surface area contributed by atoms with Gasteiger partial charge < -0.3 is 9.80 Å². The second-order valence-electron chi connectivity index (χ2n) is 7.55. The van der Waals surface area contributed by atoms with Crippen LogP contribution in [0.15, 0.2) is 48.5 Å². The van der Waals surface area contributed by atoms with Crippen molar-refractivity contribution in [2.45, 2.75) is 26.7 Å². The highest BCUT2D eigenvalue weighted by Crippen LogP contribution is 2.18. The zero-order valence-corrected chi connectivity index (χ0v) is 18.6. The Kier molecular flexibility index (Phi) is 7.88. The first-order chi connectivity index (χ1) is 14.5. The summed E-state index contributed by atoms with van der Waals surface area (Å²) >= 11 is 5.94. The van der Waals surface area contributed by atoms with E-state index in [1.165, 1.54) is 5.56 Å². The van der Waals surface area contributed by atoms with Crippen LogP contribution in [-0.4, -0.2) is 60.9 Å². The first-order valence-electron chi connectivity index (χ1n) is 10.7. The molecule has 0 aromatic heterocycles. The Morgan fingerprint density at radius 3 is 2.13 bits per heavy atom. The molecule has 0 radical (unpaired) electrons. The van der Waals surface area contributed by atoms with Crippen LogP contribution in [0.1, 0.15) is 36.2 Å². The third-order valence-electron chi connectivity index (χ3n) is 5.64. The van der Waals surface area contributed by atoms with Gasteiger partial charge in [0, 0.05) is 62.0 Å². The van der Waals surface area contributed by atoms with Crippen LogP contribution in [0.2, 0.25) is 5.02 Å². The summed E-state index contributed by atoms with van der Waals surface area (Å²) < 4.78 is 0. The second-order valence-corrected chi connectivity index (χ2v) is 7.99. The summed E-state index contributed by atoms with van der Waals surface area (Å²) in [5.74, 6) is 0.148. The van der Waals surface area contributed by atoms with Crippen LogP contribution >= 0.6 is 11.6 Å². The lowest BCUT2D eigenvalue weighted by atomic mass is 10.1. The first kappa shape index (κ1) is 22.3. The summed E-state index contributed by atoms with van der Waals surface area (Å²) in [6, 6.07) is 15.4. The summed E-state index contributed by atoms with van der Waals surface area (Å²) in [6.45, 7) is 8.65. The minimum atomic E-state index is 0.0590. The van der Waals surface area contributed by atoms with E-state index in [-0.39, 0.29) is 11.8 Å². The van der Waals surface area contributed by atoms with E-state index in [9.17, 15) is 9.59 Å². The molecular weight excluding hydrogens is 398 g/mol. The Morgan fingerprint density at radius 2 is 1.57 bits per heavy atom. The minimum absolute atomic E-state index is 0.0590. The molecule has 1 aliphatic rings. The number of amides is 2. The van der Waals surface area contributed by atoms with E-state index in [0.29, 0.717) is 18.5 Å². The number of anilines is 1. The molecule has 0 unspecified atom stereocenters. The van der Waals surface area contributed by atoms with Crippen molar-refractivity contribution in [1.29, 1.82) is 0 Å². The van der Waals surface area contributed by atoms with Crippen LogP contribution in [0.4, 0.5) is 5.69 Å². The number of nitrogens with zero attached hydrogens (tertiary/aromatic N) is 3. The molecule has 0 saturated carbocycles. The molecule has 2 aromatic carbocycles. The van der Waals surface area contributed by atoms with E-state index in [0.717, 1.165) is 49.9 Å². The van der Waals surface area contributed by atoms with Crippen LogP contribution in [0.3, 0.4) is 0 Å². The number of benzene rings is 2. The smallest absolute Gasteiger partial charge is 0.253 e. The van der Waals surface area contributed by atoms with Crippen molar-refractivity contribution in [2.24, 2.45) is 0 Å². The lowest BCUT2D eigenvalue weighted by Gasteiger charge is -2.35. The highest BCUT2D eigenvalue weighted by molar-refractivity contribution is 6.30. The van der Waals surface area contributed by atoms with Gasteiger partial charge in [0.25, 0.3) is 5.91 Å². The van der Waals surface area contributed by atoms with Crippen LogP contribution in [0.5, 0.6) is 0 Å². The number of piperazine rings is 1. The maximum atomic E-state index is 12.9. The van der Waals surface area contributed by atoms with Gasteiger partial charge in [0.2, 0.25) is 5.91 Å². The molecule has 6 heteroatoms. The molecule has 1 fully saturated rings. The summed E-state index contributed by atoms with van der Waals surface area (Å²) in [5, 5.41) is 0.762. The molecule has 1 heterocycles. The Labute approximate surface area is 184 Å². The predicted octanol–water partition coefficient (Wildman–Crippen LogP) is 4.10. The van der Waals surface area contributed by atoms with Crippen molar-refractivity contribution in [2.75, 3.05) is 44.2 Å². The van der Waals surface area contributed by atoms with Crippen molar-refractivity contribution in [1.82, 2.24) is 9.80 Å².